The number of thiazole rings is 2. The highest BCUT2D eigenvalue weighted by Gasteiger charge is 2.12. The summed E-state index contributed by atoms with van der Waals surface area (Å²) in [4.78, 5) is 9.86. The number of nitrogens with zero attached hydrogens (tertiary/aromatic N) is 2. The van der Waals surface area contributed by atoms with Crippen molar-refractivity contribution in [2.75, 3.05) is 11.1 Å². The van der Waals surface area contributed by atoms with Gasteiger partial charge in [-0.3, -0.25) is 0 Å². The largest absolute Gasteiger partial charge is 0.375 e. The fourth-order valence-electron chi connectivity index (χ4n) is 1.80. The van der Waals surface area contributed by atoms with Crippen LogP contribution in [-0.4, -0.2) is 9.97 Å². The fourth-order valence-corrected chi connectivity index (χ4v) is 4.53. The highest BCUT2D eigenvalue weighted by Crippen LogP contribution is 2.35. The van der Waals surface area contributed by atoms with Crippen molar-refractivity contribution in [2.45, 2.75) is 6.92 Å². The zero-order valence-electron chi connectivity index (χ0n) is 10.9. The van der Waals surface area contributed by atoms with Crippen LogP contribution in [-0.2, 0) is 0 Å². The third kappa shape index (κ3) is 3.28. The Kier molecular flexibility index (Phi) is 4.30. The second kappa shape index (κ2) is 6.04. The Labute approximate surface area is 146 Å². The standard InChI is InChI=1S/C13H10Br2N4S2/c1-6-11(21-12(16)17-6)10-5-20-13(19-10)18-9-3-2-7(14)4-8(9)15/h2-5H,1H3,(H2,16,17)(H,18,19). The van der Waals surface area contributed by atoms with Crippen LogP contribution in [0.2, 0.25) is 0 Å². The maximum absolute atomic E-state index is 5.74. The molecule has 0 radical (unpaired) electrons. The van der Waals surface area contributed by atoms with Crippen LogP contribution in [0.25, 0.3) is 10.6 Å². The first-order valence-electron chi connectivity index (χ1n) is 5.94. The lowest BCUT2D eigenvalue weighted by atomic mass is 10.3. The summed E-state index contributed by atoms with van der Waals surface area (Å²) in [6.45, 7) is 1.94. The van der Waals surface area contributed by atoms with E-state index < -0.39 is 0 Å². The SMILES string of the molecule is Cc1nc(N)sc1-c1csc(Nc2ccc(Br)cc2Br)n1. The summed E-state index contributed by atoms with van der Waals surface area (Å²) in [7, 11) is 0. The molecule has 0 unspecified atom stereocenters. The molecule has 0 fully saturated rings. The van der Waals surface area contributed by atoms with Crippen LogP contribution < -0.4 is 11.1 Å². The van der Waals surface area contributed by atoms with E-state index in [1.54, 1.807) is 11.3 Å². The smallest absolute Gasteiger partial charge is 0.187 e. The van der Waals surface area contributed by atoms with Gasteiger partial charge in [0.25, 0.3) is 0 Å². The number of nitrogen functional groups attached to an aromatic ring is 1. The fraction of sp³-hybridized carbons (Fsp3) is 0.0769. The van der Waals surface area contributed by atoms with E-state index in [1.165, 1.54) is 11.3 Å². The number of benzene rings is 1. The van der Waals surface area contributed by atoms with Crippen molar-refractivity contribution in [3.05, 3.63) is 38.2 Å². The second-order valence-electron chi connectivity index (χ2n) is 4.25. The molecule has 0 saturated heterocycles. The van der Waals surface area contributed by atoms with Crippen molar-refractivity contribution >= 4 is 70.5 Å². The van der Waals surface area contributed by atoms with E-state index >= 15 is 0 Å². The molecule has 0 aliphatic carbocycles. The summed E-state index contributed by atoms with van der Waals surface area (Å²) < 4.78 is 2.00. The predicted octanol–water partition coefficient (Wildman–Crippen LogP) is 5.43. The first-order chi connectivity index (χ1) is 10.0. The van der Waals surface area contributed by atoms with E-state index in [9.17, 15) is 0 Å². The number of hydrogen-bond acceptors (Lipinski definition) is 6. The Morgan fingerprint density at radius 2 is 2.05 bits per heavy atom. The van der Waals surface area contributed by atoms with Crippen molar-refractivity contribution in [3.63, 3.8) is 0 Å². The summed E-state index contributed by atoms with van der Waals surface area (Å²) in [5, 5.41) is 6.72. The van der Waals surface area contributed by atoms with Gasteiger partial charge in [-0.2, -0.15) is 0 Å². The number of anilines is 3. The maximum atomic E-state index is 5.74. The molecule has 2 aromatic heterocycles. The van der Waals surface area contributed by atoms with Crippen molar-refractivity contribution < 1.29 is 0 Å². The zero-order valence-corrected chi connectivity index (χ0v) is 15.7. The van der Waals surface area contributed by atoms with Gasteiger partial charge in [-0.15, -0.1) is 11.3 Å². The molecule has 108 valence electrons. The number of aromatic nitrogens is 2. The summed E-state index contributed by atoms with van der Waals surface area (Å²) in [6.07, 6.45) is 0. The molecule has 0 spiro atoms. The van der Waals surface area contributed by atoms with Gasteiger partial charge in [-0.25, -0.2) is 9.97 Å². The highest BCUT2D eigenvalue weighted by atomic mass is 79.9. The van der Waals surface area contributed by atoms with Crippen molar-refractivity contribution in [1.29, 1.82) is 0 Å². The van der Waals surface area contributed by atoms with Gasteiger partial charge in [0, 0.05) is 14.3 Å². The minimum absolute atomic E-state index is 0.570. The monoisotopic (exact) mass is 444 g/mol. The topological polar surface area (TPSA) is 63.8 Å². The molecule has 3 rings (SSSR count). The quantitative estimate of drug-likeness (QED) is 0.564. The van der Waals surface area contributed by atoms with E-state index in [0.29, 0.717) is 5.13 Å². The first-order valence-corrected chi connectivity index (χ1v) is 9.22. The molecule has 0 saturated carbocycles. The van der Waals surface area contributed by atoms with E-state index in [2.05, 4.69) is 47.1 Å². The Balaban J connectivity index is 1.87. The molecule has 4 nitrogen and oxygen atoms in total. The van der Waals surface area contributed by atoms with Gasteiger partial charge in [-0.05, 0) is 41.1 Å². The van der Waals surface area contributed by atoms with E-state index in [-0.39, 0.29) is 0 Å². The molecule has 8 heteroatoms. The van der Waals surface area contributed by atoms with Gasteiger partial charge < -0.3 is 11.1 Å². The van der Waals surface area contributed by atoms with Crippen LogP contribution in [0.15, 0.2) is 32.5 Å². The second-order valence-corrected chi connectivity index (χ2v) is 7.91. The average molecular weight is 446 g/mol. The Hall–Kier alpha value is -0.960. The minimum atomic E-state index is 0.570. The van der Waals surface area contributed by atoms with Crippen LogP contribution in [0.3, 0.4) is 0 Å². The number of hydrogen-bond donors (Lipinski definition) is 2. The van der Waals surface area contributed by atoms with Gasteiger partial charge in [0.15, 0.2) is 10.3 Å². The summed E-state index contributed by atoms with van der Waals surface area (Å²) in [5.41, 5.74) is 8.53. The van der Waals surface area contributed by atoms with Crippen LogP contribution >= 0.6 is 54.5 Å². The average Bonchev–Trinajstić information content (AvgIpc) is 2.99. The molecule has 3 aromatic rings. The first kappa shape index (κ1) is 15.0. The van der Waals surface area contributed by atoms with E-state index in [1.807, 2.05) is 30.5 Å². The van der Waals surface area contributed by atoms with Crippen molar-refractivity contribution in [2.24, 2.45) is 0 Å². The third-order valence-electron chi connectivity index (χ3n) is 2.72. The minimum Gasteiger partial charge on any atom is -0.375 e. The third-order valence-corrected chi connectivity index (χ3v) is 5.64. The molecule has 21 heavy (non-hydrogen) atoms. The Bertz CT molecular complexity index is 797. The van der Waals surface area contributed by atoms with Gasteiger partial charge >= 0.3 is 0 Å². The number of halogens is 2. The zero-order chi connectivity index (χ0) is 15.0. The molecule has 0 atom stereocenters. The molecule has 0 bridgehead atoms. The number of rotatable bonds is 3. The normalized spacial score (nSPS) is 10.8. The van der Waals surface area contributed by atoms with Gasteiger partial charge in [0.2, 0.25) is 0 Å². The number of nitrogens with one attached hydrogen (secondary N) is 1. The molecule has 2 heterocycles. The predicted molar refractivity (Wildman–Crippen MR) is 97.5 cm³/mol. The Morgan fingerprint density at radius 3 is 2.71 bits per heavy atom. The molecule has 0 amide bonds. The molecular formula is C13H10Br2N4S2. The van der Waals surface area contributed by atoms with Crippen LogP contribution in [0.4, 0.5) is 16.0 Å². The molecular weight excluding hydrogens is 436 g/mol. The van der Waals surface area contributed by atoms with E-state index in [4.69, 9.17) is 5.73 Å². The van der Waals surface area contributed by atoms with Crippen molar-refractivity contribution in [3.8, 4) is 10.6 Å². The highest BCUT2D eigenvalue weighted by molar-refractivity contribution is 9.11. The summed E-state index contributed by atoms with van der Waals surface area (Å²) in [5.74, 6) is 0. The lowest BCUT2D eigenvalue weighted by Gasteiger charge is -2.05. The van der Waals surface area contributed by atoms with Crippen molar-refractivity contribution in [1.82, 2.24) is 9.97 Å². The lowest BCUT2D eigenvalue weighted by molar-refractivity contribution is 1.26. The molecule has 1 aromatic carbocycles. The van der Waals surface area contributed by atoms with Gasteiger partial charge in [0.1, 0.15) is 0 Å². The number of aryl methyl sites for hydroxylation is 1. The molecule has 0 aliphatic heterocycles. The molecule has 0 aliphatic rings. The number of nitrogens with two attached hydrogens (primary N) is 1. The maximum Gasteiger partial charge on any atom is 0.187 e. The Morgan fingerprint density at radius 1 is 1.24 bits per heavy atom. The summed E-state index contributed by atoms with van der Waals surface area (Å²) >= 11 is 9.98. The van der Waals surface area contributed by atoms with Gasteiger partial charge in [-0.1, -0.05) is 27.3 Å². The van der Waals surface area contributed by atoms with Crippen LogP contribution in [0.1, 0.15) is 5.69 Å². The van der Waals surface area contributed by atoms with E-state index in [0.717, 1.165) is 36.0 Å². The van der Waals surface area contributed by atoms with Crippen LogP contribution in [0.5, 0.6) is 0 Å². The van der Waals surface area contributed by atoms with Crippen LogP contribution in [0, 0.1) is 6.92 Å². The molecule has 3 N–H and O–H groups in total. The van der Waals surface area contributed by atoms with Gasteiger partial charge in [0.05, 0.1) is 22.0 Å². The lowest BCUT2D eigenvalue weighted by Crippen LogP contribution is -1.90. The summed E-state index contributed by atoms with van der Waals surface area (Å²) in [6, 6.07) is 5.96.